The fourth-order valence-corrected chi connectivity index (χ4v) is 0.946. The number of unbranched alkanes of at least 4 members (excludes halogenated alkanes) is 1. The fourth-order valence-electron chi connectivity index (χ4n) is 0.946. The van der Waals surface area contributed by atoms with Crippen molar-refractivity contribution in [3.8, 4) is 0 Å². The molecule has 0 spiro atoms. The zero-order valence-corrected chi connectivity index (χ0v) is 8.80. The van der Waals surface area contributed by atoms with Crippen molar-refractivity contribution in [1.82, 2.24) is 0 Å². The molecule has 0 atom stereocenters. The van der Waals surface area contributed by atoms with Crippen LogP contribution in [-0.2, 0) is 0 Å². The molecule has 0 rings (SSSR count). The second kappa shape index (κ2) is 7.08. The van der Waals surface area contributed by atoms with E-state index in [0.717, 1.165) is 12.8 Å². The Morgan fingerprint density at radius 1 is 1.33 bits per heavy atom. The first kappa shape index (κ1) is 11.4. The third kappa shape index (κ3) is 5.11. The van der Waals surface area contributed by atoms with Gasteiger partial charge in [-0.15, -0.1) is 0 Å². The van der Waals surface area contributed by atoms with E-state index in [1.807, 2.05) is 6.21 Å². The van der Waals surface area contributed by atoms with Gasteiger partial charge in [-0.1, -0.05) is 40.2 Å². The van der Waals surface area contributed by atoms with Gasteiger partial charge in [-0.3, -0.25) is 4.99 Å². The van der Waals surface area contributed by atoms with Gasteiger partial charge in [0.05, 0.1) is 0 Å². The zero-order chi connectivity index (χ0) is 9.40. The predicted molar refractivity (Wildman–Crippen MR) is 56.6 cm³/mol. The standard InChI is InChI=1S/C11H21N/c1-5-7-9-12-11(8-6-2)10(3)4/h8-10H,5-7H2,1-4H3/b11-8-,12-9?. The first-order valence-corrected chi connectivity index (χ1v) is 4.94. The molecule has 0 bridgehead atoms. The van der Waals surface area contributed by atoms with Gasteiger partial charge in [-0.05, 0) is 18.8 Å². The minimum absolute atomic E-state index is 0.554. The molecule has 0 aliphatic carbocycles. The highest BCUT2D eigenvalue weighted by Gasteiger charge is 1.97. The monoisotopic (exact) mass is 167 g/mol. The SMILES string of the molecule is CC/C=C(\N=CCCC)C(C)C. The summed E-state index contributed by atoms with van der Waals surface area (Å²) in [4.78, 5) is 4.44. The molecular weight excluding hydrogens is 146 g/mol. The number of hydrogen-bond donors (Lipinski definition) is 0. The third-order valence-corrected chi connectivity index (χ3v) is 1.66. The van der Waals surface area contributed by atoms with Gasteiger partial charge >= 0.3 is 0 Å². The van der Waals surface area contributed by atoms with Crippen LogP contribution in [0.4, 0.5) is 0 Å². The molecule has 0 aromatic carbocycles. The van der Waals surface area contributed by atoms with Crippen molar-refractivity contribution in [2.24, 2.45) is 10.9 Å². The van der Waals surface area contributed by atoms with E-state index in [2.05, 4.69) is 38.8 Å². The van der Waals surface area contributed by atoms with E-state index in [1.165, 1.54) is 12.1 Å². The lowest BCUT2D eigenvalue weighted by atomic mass is 10.1. The van der Waals surface area contributed by atoms with E-state index < -0.39 is 0 Å². The summed E-state index contributed by atoms with van der Waals surface area (Å²) < 4.78 is 0. The van der Waals surface area contributed by atoms with Crippen LogP contribution in [-0.4, -0.2) is 6.21 Å². The summed E-state index contributed by atoms with van der Waals surface area (Å²) in [7, 11) is 0. The first-order valence-electron chi connectivity index (χ1n) is 4.94. The summed E-state index contributed by atoms with van der Waals surface area (Å²) >= 11 is 0. The van der Waals surface area contributed by atoms with Gasteiger partial charge in [-0.2, -0.15) is 0 Å². The van der Waals surface area contributed by atoms with Crippen LogP contribution in [0, 0.1) is 5.92 Å². The first-order chi connectivity index (χ1) is 5.72. The molecule has 1 heteroatoms. The maximum Gasteiger partial charge on any atom is 0.0385 e. The lowest BCUT2D eigenvalue weighted by molar-refractivity contribution is 0.751. The Morgan fingerprint density at radius 2 is 2.00 bits per heavy atom. The number of nitrogens with zero attached hydrogens (tertiary/aromatic N) is 1. The largest absolute Gasteiger partial charge is 0.266 e. The van der Waals surface area contributed by atoms with Crippen molar-refractivity contribution in [3.05, 3.63) is 11.8 Å². The highest BCUT2D eigenvalue weighted by molar-refractivity contribution is 5.58. The molecule has 1 nitrogen and oxygen atoms in total. The summed E-state index contributed by atoms with van der Waals surface area (Å²) in [6.45, 7) is 8.69. The molecule has 12 heavy (non-hydrogen) atoms. The van der Waals surface area contributed by atoms with E-state index in [-0.39, 0.29) is 0 Å². The lowest BCUT2D eigenvalue weighted by Crippen LogP contribution is -1.91. The molecule has 0 N–H and O–H groups in total. The van der Waals surface area contributed by atoms with Gasteiger partial charge in [0.15, 0.2) is 0 Å². The van der Waals surface area contributed by atoms with Crippen molar-refractivity contribution in [2.45, 2.75) is 47.0 Å². The summed E-state index contributed by atoms with van der Waals surface area (Å²) in [6, 6.07) is 0. The van der Waals surface area contributed by atoms with Crippen LogP contribution in [0.5, 0.6) is 0 Å². The third-order valence-electron chi connectivity index (χ3n) is 1.66. The molecular formula is C11H21N. The molecule has 0 amide bonds. The molecule has 0 radical (unpaired) electrons. The van der Waals surface area contributed by atoms with E-state index in [1.54, 1.807) is 0 Å². The normalized spacial score (nSPS) is 13.2. The highest BCUT2D eigenvalue weighted by atomic mass is 14.7. The Bertz CT molecular complexity index is 154. The number of rotatable bonds is 5. The van der Waals surface area contributed by atoms with Crippen LogP contribution < -0.4 is 0 Å². The number of aliphatic imine (C=N–C) groups is 1. The van der Waals surface area contributed by atoms with Crippen molar-refractivity contribution in [3.63, 3.8) is 0 Å². The smallest absolute Gasteiger partial charge is 0.0385 e. The average molecular weight is 167 g/mol. The molecule has 0 saturated heterocycles. The van der Waals surface area contributed by atoms with Crippen molar-refractivity contribution in [2.75, 3.05) is 0 Å². The van der Waals surface area contributed by atoms with Crippen LogP contribution in [0.25, 0.3) is 0 Å². The molecule has 0 heterocycles. The second-order valence-corrected chi connectivity index (χ2v) is 3.29. The Balaban J connectivity index is 4.04. The van der Waals surface area contributed by atoms with Gasteiger partial charge in [0.2, 0.25) is 0 Å². The fraction of sp³-hybridized carbons (Fsp3) is 0.727. The van der Waals surface area contributed by atoms with Crippen molar-refractivity contribution >= 4 is 6.21 Å². The Kier molecular flexibility index (Phi) is 6.73. The summed E-state index contributed by atoms with van der Waals surface area (Å²) in [5.41, 5.74) is 1.23. The molecule has 0 aromatic rings. The summed E-state index contributed by atoms with van der Waals surface area (Å²) in [5, 5.41) is 0. The van der Waals surface area contributed by atoms with Crippen LogP contribution in [0.3, 0.4) is 0 Å². The Hall–Kier alpha value is -0.590. The average Bonchev–Trinajstić information content (AvgIpc) is 2.03. The molecule has 0 aliphatic rings. The van der Waals surface area contributed by atoms with Crippen LogP contribution in [0.2, 0.25) is 0 Å². The van der Waals surface area contributed by atoms with Gasteiger partial charge < -0.3 is 0 Å². The number of hydrogen-bond acceptors (Lipinski definition) is 1. The number of allylic oxidation sites excluding steroid dienone is 2. The highest BCUT2D eigenvalue weighted by Crippen LogP contribution is 2.11. The Labute approximate surface area is 76.6 Å². The summed E-state index contributed by atoms with van der Waals surface area (Å²) in [5.74, 6) is 0.554. The molecule has 0 saturated carbocycles. The Morgan fingerprint density at radius 3 is 2.42 bits per heavy atom. The van der Waals surface area contributed by atoms with Crippen LogP contribution in [0.15, 0.2) is 16.8 Å². The van der Waals surface area contributed by atoms with E-state index in [0.29, 0.717) is 5.92 Å². The second-order valence-electron chi connectivity index (χ2n) is 3.29. The quantitative estimate of drug-likeness (QED) is 0.552. The van der Waals surface area contributed by atoms with E-state index in [9.17, 15) is 0 Å². The molecule has 0 aliphatic heterocycles. The minimum atomic E-state index is 0.554. The van der Waals surface area contributed by atoms with Crippen LogP contribution in [0.1, 0.15) is 47.0 Å². The van der Waals surface area contributed by atoms with Gasteiger partial charge in [0.1, 0.15) is 0 Å². The molecule has 70 valence electrons. The van der Waals surface area contributed by atoms with Gasteiger partial charge in [-0.25, -0.2) is 0 Å². The zero-order valence-electron chi connectivity index (χ0n) is 8.80. The molecule has 0 fully saturated rings. The summed E-state index contributed by atoms with van der Waals surface area (Å²) in [6.07, 6.45) is 7.59. The van der Waals surface area contributed by atoms with Crippen molar-refractivity contribution < 1.29 is 0 Å². The van der Waals surface area contributed by atoms with Crippen molar-refractivity contribution in [1.29, 1.82) is 0 Å². The molecule has 0 unspecified atom stereocenters. The molecule has 0 aromatic heterocycles. The predicted octanol–water partition coefficient (Wildman–Crippen LogP) is 3.81. The maximum absolute atomic E-state index is 4.44. The topological polar surface area (TPSA) is 12.4 Å². The van der Waals surface area contributed by atoms with Gasteiger partial charge in [0.25, 0.3) is 0 Å². The van der Waals surface area contributed by atoms with E-state index in [4.69, 9.17) is 0 Å². The lowest BCUT2D eigenvalue weighted by Gasteiger charge is -2.04. The minimum Gasteiger partial charge on any atom is -0.266 e. The van der Waals surface area contributed by atoms with Gasteiger partial charge in [0, 0.05) is 11.9 Å². The van der Waals surface area contributed by atoms with E-state index >= 15 is 0 Å². The maximum atomic E-state index is 4.44. The van der Waals surface area contributed by atoms with Crippen LogP contribution >= 0.6 is 0 Å².